The van der Waals surface area contributed by atoms with Crippen LogP contribution in [0.5, 0.6) is 17.2 Å². The van der Waals surface area contributed by atoms with Gasteiger partial charge in [-0.15, -0.1) is 11.3 Å². The number of aliphatic carboxylic acids is 1. The molecule has 0 radical (unpaired) electrons. The number of hydrogen-bond donors (Lipinski definition) is 5. The van der Waals surface area contributed by atoms with Crippen molar-refractivity contribution in [1.82, 2.24) is 4.90 Å². The van der Waals surface area contributed by atoms with E-state index in [1.807, 2.05) is 0 Å². The molecule has 0 spiro atoms. The van der Waals surface area contributed by atoms with Crippen molar-refractivity contribution in [3.8, 4) is 27.7 Å². The van der Waals surface area contributed by atoms with Gasteiger partial charge in [0.25, 0.3) is 0 Å². The maximum atomic E-state index is 14.1. The van der Waals surface area contributed by atoms with Crippen molar-refractivity contribution in [2.75, 3.05) is 26.1 Å². The molecular weight excluding hydrogens is 614 g/mol. The maximum absolute atomic E-state index is 14.1. The van der Waals surface area contributed by atoms with Crippen LogP contribution in [0, 0.1) is 0 Å². The van der Waals surface area contributed by atoms with E-state index in [4.69, 9.17) is 19.7 Å². The van der Waals surface area contributed by atoms with E-state index >= 15 is 0 Å². The third-order valence-electron chi connectivity index (χ3n) is 7.93. The number of aromatic hydroxyl groups is 1. The molecule has 5 atom stereocenters. The summed E-state index contributed by atoms with van der Waals surface area (Å²) < 4.78 is 50.8. The number of carboxylic acids is 1. The Labute approximate surface area is 274 Å². The molecule has 0 aliphatic carbocycles. The van der Waals surface area contributed by atoms with Crippen LogP contribution in [0.3, 0.4) is 0 Å². The second-order valence-electron chi connectivity index (χ2n) is 11.1. The van der Waals surface area contributed by atoms with Crippen LogP contribution in [0.4, 0.5) is 0 Å². The molecule has 1 unspecified atom stereocenters. The molecule has 12 heteroatoms. The molecule has 2 aliphatic heterocycles. The third kappa shape index (κ3) is 6.73. The van der Waals surface area contributed by atoms with E-state index in [-0.39, 0.29) is 22.8 Å². The number of nitrogens with zero attached hydrogens (tertiary/aromatic N) is 1. The molecular formula is C34H35NO10S. The predicted molar refractivity (Wildman–Crippen MR) is 170 cm³/mol. The molecule has 0 amide bonds. The molecule has 2 saturated heterocycles. The second kappa shape index (κ2) is 13.8. The molecule has 1 aromatic heterocycles. The van der Waals surface area contributed by atoms with E-state index < -0.39 is 55.5 Å². The Balaban J connectivity index is 1.29. The Morgan fingerprint density at radius 3 is 2.30 bits per heavy atom. The standard InChI is InChI=1S/C34H35NO10S/c36-21-8-4-20(5-9-21)32-26(27(37)19-6-10-22(11-7-19)43-17-16-35-14-2-1-3-15-35)24-13-12-23(18-25(24)46-32)44-34-30(40)28(38)29(39)31(45-34)33(41)42/h4-13,18,28-31,34,36,38-40H,1-3,14-17H2,(H,41,42)/t28-,29-,30-,31?,34+/m0/s1/i16D2,17D2. The summed E-state index contributed by atoms with van der Waals surface area (Å²) in [5.41, 5.74) is 1.17. The smallest absolute Gasteiger partial charge is 0.335 e. The maximum Gasteiger partial charge on any atom is 0.335 e. The van der Waals surface area contributed by atoms with Gasteiger partial charge in [-0.05, 0) is 98.2 Å². The van der Waals surface area contributed by atoms with Gasteiger partial charge < -0.3 is 39.7 Å². The SMILES string of the molecule is [2H]C([2H])(Oc1ccc(C(=O)c2c(-c3ccc(O)cc3)sc3cc(O[C@@H]4OC(C(=O)O)[C@@H](O)[C@H](O)[C@@H]4O)ccc23)cc1)C([2H])([2H])N1CCCCC1. The summed E-state index contributed by atoms with van der Waals surface area (Å²) in [6.07, 6.45) is -6.48. The summed E-state index contributed by atoms with van der Waals surface area (Å²) in [5, 5.41) is 50.4. The quantitative estimate of drug-likeness (QED) is 0.159. The van der Waals surface area contributed by atoms with Crippen molar-refractivity contribution >= 4 is 33.2 Å². The molecule has 0 bridgehead atoms. The Morgan fingerprint density at radius 1 is 0.913 bits per heavy atom. The topological polar surface area (TPSA) is 166 Å². The molecule has 3 heterocycles. The lowest BCUT2D eigenvalue weighted by Crippen LogP contribution is -2.61. The molecule has 5 N–H and O–H groups in total. The molecule has 11 nitrogen and oxygen atoms in total. The number of carbonyl (C=O) groups is 2. The van der Waals surface area contributed by atoms with E-state index in [0.717, 1.165) is 19.3 Å². The number of phenolic OH excluding ortho intramolecular Hbond substituents is 1. The molecule has 2 fully saturated rings. The summed E-state index contributed by atoms with van der Waals surface area (Å²) in [6.45, 7) is -4.23. The number of aliphatic hydroxyl groups excluding tert-OH is 3. The van der Waals surface area contributed by atoms with Crippen LogP contribution in [0.15, 0.2) is 66.7 Å². The van der Waals surface area contributed by atoms with Crippen molar-refractivity contribution in [3.63, 3.8) is 0 Å². The van der Waals surface area contributed by atoms with Crippen LogP contribution in [-0.4, -0.2) is 99.0 Å². The minimum Gasteiger partial charge on any atom is -0.508 e. The predicted octanol–water partition coefficient (Wildman–Crippen LogP) is 3.64. The summed E-state index contributed by atoms with van der Waals surface area (Å²) in [7, 11) is 0. The normalized spacial score (nSPS) is 25.6. The number of ketones is 1. The number of benzene rings is 3. The summed E-state index contributed by atoms with van der Waals surface area (Å²) in [4.78, 5) is 27.7. The van der Waals surface area contributed by atoms with Gasteiger partial charge in [0.2, 0.25) is 6.29 Å². The highest BCUT2D eigenvalue weighted by Crippen LogP contribution is 2.42. The van der Waals surface area contributed by atoms with Gasteiger partial charge in [-0.2, -0.15) is 0 Å². The highest BCUT2D eigenvalue weighted by molar-refractivity contribution is 7.22. The van der Waals surface area contributed by atoms with Gasteiger partial charge in [-0.3, -0.25) is 9.69 Å². The number of ether oxygens (including phenoxy) is 3. The Hall–Kier alpha value is -4.04. The van der Waals surface area contributed by atoms with E-state index in [0.29, 0.717) is 39.2 Å². The average molecular weight is 654 g/mol. The van der Waals surface area contributed by atoms with Crippen molar-refractivity contribution in [2.45, 2.75) is 50.0 Å². The van der Waals surface area contributed by atoms with Crippen molar-refractivity contribution in [2.24, 2.45) is 0 Å². The number of carboxylic acid groups (broad SMARTS) is 1. The van der Waals surface area contributed by atoms with Crippen LogP contribution < -0.4 is 9.47 Å². The number of carbonyl (C=O) groups excluding carboxylic acids is 1. The van der Waals surface area contributed by atoms with Crippen LogP contribution in [-0.2, 0) is 9.53 Å². The Morgan fingerprint density at radius 2 is 1.61 bits per heavy atom. The van der Waals surface area contributed by atoms with Gasteiger partial charge >= 0.3 is 5.97 Å². The number of likely N-dealkylation sites (tertiary alicyclic amines) is 1. The highest BCUT2D eigenvalue weighted by Gasteiger charge is 2.48. The molecule has 242 valence electrons. The minimum absolute atomic E-state index is 0.0246. The van der Waals surface area contributed by atoms with Gasteiger partial charge in [-0.1, -0.05) is 6.42 Å². The molecule has 0 saturated carbocycles. The fraction of sp³-hybridized carbons (Fsp3) is 0.353. The summed E-state index contributed by atoms with van der Waals surface area (Å²) >= 11 is 1.23. The summed E-state index contributed by atoms with van der Waals surface area (Å²) in [5.74, 6) is -1.76. The van der Waals surface area contributed by atoms with Gasteiger partial charge in [-0.25, -0.2) is 4.79 Å². The fourth-order valence-electron chi connectivity index (χ4n) is 5.45. The number of piperidine rings is 1. The highest BCUT2D eigenvalue weighted by atomic mass is 32.1. The number of aliphatic hydroxyl groups is 3. The van der Waals surface area contributed by atoms with Gasteiger partial charge in [0.15, 0.2) is 11.9 Å². The zero-order valence-corrected chi connectivity index (χ0v) is 25.2. The number of rotatable bonds is 10. The van der Waals surface area contributed by atoms with Crippen molar-refractivity contribution in [1.29, 1.82) is 0 Å². The minimum atomic E-state index is -2.68. The number of phenols is 1. The largest absolute Gasteiger partial charge is 0.508 e. The van der Waals surface area contributed by atoms with Crippen LogP contribution in [0.1, 0.15) is 40.7 Å². The van der Waals surface area contributed by atoms with E-state index in [9.17, 15) is 35.1 Å². The zero-order chi connectivity index (χ0) is 36.0. The lowest BCUT2D eigenvalue weighted by Gasteiger charge is -2.38. The first-order chi connectivity index (χ1) is 23.7. The molecule has 46 heavy (non-hydrogen) atoms. The lowest BCUT2D eigenvalue weighted by atomic mass is 9.97. The van der Waals surface area contributed by atoms with E-state index in [2.05, 4.69) is 0 Å². The van der Waals surface area contributed by atoms with E-state index in [1.54, 1.807) is 24.3 Å². The van der Waals surface area contributed by atoms with Crippen molar-refractivity contribution in [3.05, 3.63) is 77.9 Å². The molecule has 2 aliphatic rings. The number of fused-ring (bicyclic) bond motifs is 1. The van der Waals surface area contributed by atoms with Gasteiger partial charge in [0.05, 0.1) is 2.74 Å². The van der Waals surface area contributed by atoms with Crippen molar-refractivity contribution < 1.29 is 54.8 Å². The second-order valence-corrected chi connectivity index (χ2v) is 12.1. The third-order valence-corrected chi connectivity index (χ3v) is 9.13. The fourth-order valence-corrected chi connectivity index (χ4v) is 6.68. The summed E-state index contributed by atoms with van der Waals surface area (Å²) in [6, 6.07) is 16.6. The first-order valence-corrected chi connectivity index (χ1v) is 15.5. The lowest BCUT2D eigenvalue weighted by molar-refractivity contribution is -0.271. The monoisotopic (exact) mass is 653 g/mol. The van der Waals surface area contributed by atoms with E-state index in [1.165, 1.54) is 58.7 Å². The van der Waals surface area contributed by atoms with Gasteiger partial charge in [0.1, 0.15) is 42.1 Å². The Kier molecular flexibility index (Phi) is 8.11. The Bertz CT molecular complexity index is 1860. The van der Waals surface area contributed by atoms with Crippen LogP contribution >= 0.6 is 11.3 Å². The first-order valence-electron chi connectivity index (χ1n) is 16.7. The van der Waals surface area contributed by atoms with Gasteiger partial charge in [0, 0.05) is 35.3 Å². The van der Waals surface area contributed by atoms with Crippen LogP contribution in [0.2, 0.25) is 0 Å². The molecule has 6 rings (SSSR count). The molecule has 3 aromatic carbocycles. The molecule has 4 aromatic rings. The first kappa shape index (κ1) is 27.1. The van der Waals surface area contributed by atoms with Crippen LogP contribution in [0.25, 0.3) is 20.5 Å². The zero-order valence-electron chi connectivity index (χ0n) is 28.4. The number of hydrogen-bond acceptors (Lipinski definition) is 11. The average Bonchev–Trinajstić information content (AvgIpc) is 3.47. The number of thiophene rings is 1.